The smallest absolute Gasteiger partial charge is 0.223 e. The third kappa shape index (κ3) is 3.69. The van der Waals surface area contributed by atoms with E-state index < -0.39 is 0 Å². The Morgan fingerprint density at radius 1 is 0.900 bits per heavy atom. The Balaban J connectivity index is 1.24. The molecule has 30 heavy (non-hydrogen) atoms. The van der Waals surface area contributed by atoms with Crippen LogP contribution in [0.3, 0.4) is 0 Å². The van der Waals surface area contributed by atoms with Gasteiger partial charge in [0.1, 0.15) is 13.2 Å². The van der Waals surface area contributed by atoms with Gasteiger partial charge in [-0.2, -0.15) is 0 Å². The molecule has 0 N–H and O–H groups in total. The average Bonchev–Trinajstić information content (AvgIpc) is 3.46. The topological polar surface area (TPSA) is 55.8 Å². The van der Waals surface area contributed by atoms with Crippen LogP contribution in [0.15, 0.2) is 36.4 Å². The second kappa shape index (κ2) is 8.13. The van der Waals surface area contributed by atoms with Crippen molar-refractivity contribution in [2.45, 2.75) is 51.0 Å². The van der Waals surface area contributed by atoms with Crippen LogP contribution in [0.25, 0.3) is 0 Å². The minimum Gasteiger partial charge on any atom is -0.486 e. The van der Waals surface area contributed by atoms with Gasteiger partial charge in [-0.05, 0) is 67.0 Å². The Labute approximate surface area is 177 Å². The molecule has 1 amide bonds. The first-order chi connectivity index (χ1) is 14.7. The minimum absolute atomic E-state index is 0.0448. The molecule has 1 saturated heterocycles. The summed E-state index contributed by atoms with van der Waals surface area (Å²) in [5.41, 5.74) is 4.48. The first kappa shape index (κ1) is 19.2. The van der Waals surface area contributed by atoms with E-state index in [0.717, 1.165) is 54.9 Å². The molecule has 0 radical (unpaired) electrons. The number of carbonyl (C=O) groups excluding carboxylic acids is 2. The Hall–Kier alpha value is -2.82. The highest BCUT2D eigenvalue weighted by atomic mass is 16.6. The zero-order valence-corrected chi connectivity index (χ0v) is 17.2. The fourth-order valence-electron chi connectivity index (χ4n) is 4.93. The molecule has 0 saturated carbocycles. The van der Waals surface area contributed by atoms with Crippen molar-refractivity contribution in [1.82, 2.24) is 4.90 Å². The van der Waals surface area contributed by atoms with E-state index in [0.29, 0.717) is 13.2 Å². The van der Waals surface area contributed by atoms with Crippen molar-refractivity contribution < 1.29 is 19.1 Å². The molecule has 5 nitrogen and oxygen atoms in total. The van der Waals surface area contributed by atoms with Crippen molar-refractivity contribution in [3.8, 4) is 11.5 Å². The van der Waals surface area contributed by atoms with Crippen molar-refractivity contribution in [2.24, 2.45) is 0 Å². The van der Waals surface area contributed by atoms with E-state index in [2.05, 4.69) is 6.07 Å². The van der Waals surface area contributed by atoms with Crippen LogP contribution in [-0.2, 0) is 17.6 Å². The summed E-state index contributed by atoms with van der Waals surface area (Å²) in [6.45, 7) is 1.86. The predicted molar refractivity (Wildman–Crippen MR) is 113 cm³/mol. The van der Waals surface area contributed by atoms with Gasteiger partial charge in [0.05, 0.1) is 6.04 Å². The van der Waals surface area contributed by atoms with Gasteiger partial charge in [-0.1, -0.05) is 18.2 Å². The number of likely N-dealkylation sites (tertiary alicyclic amines) is 1. The number of carbonyl (C=O) groups is 2. The monoisotopic (exact) mass is 405 g/mol. The number of amides is 1. The van der Waals surface area contributed by atoms with E-state index in [-0.39, 0.29) is 30.6 Å². The number of hydrogen-bond acceptors (Lipinski definition) is 4. The quantitative estimate of drug-likeness (QED) is 0.697. The lowest BCUT2D eigenvalue weighted by Gasteiger charge is -2.26. The molecule has 156 valence electrons. The maximum absolute atomic E-state index is 13.0. The molecule has 1 atom stereocenters. The third-order valence-corrected chi connectivity index (χ3v) is 6.51. The van der Waals surface area contributed by atoms with Gasteiger partial charge in [0.2, 0.25) is 5.91 Å². The summed E-state index contributed by atoms with van der Waals surface area (Å²) >= 11 is 0. The normalized spacial score (nSPS) is 19.6. The second-order valence-corrected chi connectivity index (χ2v) is 8.41. The standard InChI is InChI=1S/C25H27NO4/c27-22(20-7-6-17-3-1-4-18(17)15-20)9-11-25(28)26-12-2-5-21(26)19-8-10-23-24(16-19)30-14-13-29-23/h6-8,10,15-16,21H,1-5,9,11-14H2. The van der Waals surface area contributed by atoms with Gasteiger partial charge >= 0.3 is 0 Å². The van der Waals surface area contributed by atoms with Crippen molar-refractivity contribution in [3.63, 3.8) is 0 Å². The summed E-state index contributed by atoms with van der Waals surface area (Å²) in [4.78, 5) is 27.6. The van der Waals surface area contributed by atoms with Gasteiger partial charge in [-0.15, -0.1) is 0 Å². The van der Waals surface area contributed by atoms with Crippen LogP contribution >= 0.6 is 0 Å². The number of benzene rings is 2. The Kier molecular flexibility index (Phi) is 5.19. The van der Waals surface area contributed by atoms with Gasteiger partial charge < -0.3 is 14.4 Å². The summed E-state index contributed by atoms with van der Waals surface area (Å²) in [5.74, 6) is 1.64. The van der Waals surface area contributed by atoms with Crippen molar-refractivity contribution in [3.05, 3.63) is 58.7 Å². The number of Topliss-reactive ketones (excluding diaryl/α,β-unsaturated/α-hetero) is 1. The van der Waals surface area contributed by atoms with E-state index in [1.165, 1.54) is 17.5 Å². The van der Waals surface area contributed by atoms with Crippen molar-refractivity contribution >= 4 is 11.7 Å². The number of ether oxygens (including phenoxy) is 2. The molecule has 2 heterocycles. The maximum Gasteiger partial charge on any atom is 0.223 e. The average molecular weight is 405 g/mol. The van der Waals surface area contributed by atoms with E-state index in [9.17, 15) is 9.59 Å². The van der Waals surface area contributed by atoms with Crippen LogP contribution in [0.2, 0.25) is 0 Å². The predicted octanol–water partition coefficient (Wildman–Crippen LogP) is 4.27. The number of nitrogens with zero attached hydrogens (tertiary/aromatic N) is 1. The van der Waals surface area contributed by atoms with Crippen LogP contribution in [0.5, 0.6) is 11.5 Å². The molecule has 0 aromatic heterocycles. The van der Waals surface area contributed by atoms with Gasteiger partial charge in [0, 0.05) is 24.9 Å². The number of ketones is 1. The van der Waals surface area contributed by atoms with E-state index in [1.807, 2.05) is 35.2 Å². The zero-order valence-electron chi connectivity index (χ0n) is 17.2. The fraction of sp³-hybridized carbons (Fsp3) is 0.440. The highest BCUT2D eigenvalue weighted by molar-refractivity contribution is 5.98. The zero-order chi connectivity index (χ0) is 20.5. The number of aryl methyl sites for hydroxylation is 2. The second-order valence-electron chi connectivity index (χ2n) is 8.41. The third-order valence-electron chi connectivity index (χ3n) is 6.51. The molecule has 5 rings (SSSR count). The lowest BCUT2D eigenvalue weighted by Crippen LogP contribution is -2.31. The molecule has 1 aliphatic carbocycles. The number of rotatable bonds is 5. The Bertz CT molecular complexity index is 983. The highest BCUT2D eigenvalue weighted by Gasteiger charge is 2.31. The Morgan fingerprint density at radius 2 is 1.73 bits per heavy atom. The van der Waals surface area contributed by atoms with Crippen LogP contribution in [-0.4, -0.2) is 36.3 Å². The van der Waals surface area contributed by atoms with Gasteiger partial charge in [0.15, 0.2) is 17.3 Å². The molecule has 5 heteroatoms. The van der Waals surface area contributed by atoms with E-state index >= 15 is 0 Å². The maximum atomic E-state index is 13.0. The van der Waals surface area contributed by atoms with E-state index in [1.54, 1.807) is 0 Å². The highest BCUT2D eigenvalue weighted by Crippen LogP contribution is 2.38. The number of hydrogen-bond donors (Lipinski definition) is 0. The van der Waals surface area contributed by atoms with Crippen molar-refractivity contribution in [2.75, 3.05) is 19.8 Å². The largest absolute Gasteiger partial charge is 0.486 e. The summed E-state index contributed by atoms with van der Waals surface area (Å²) in [6.07, 6.45) is 5.77. The van der Waals surface area contributed by atoms with Crippen LogP contribution in [0.4, 0.5) is 0 Å². The molecule has 2 aromatic rings. The summed E-state index contributed by atoms with van der Waals surface area (Å²) in [6, 6.07) is 12.0. The van der Waals surface area contributed by atoms with E-state index in [4.69, 9.17) is 9.47 Å². The molecule has 2 aromatic carbocycles. The fourth-order valence-corrected chi connectivity index (χ4v) is 4.93. The lowest BCUT2D eigenvalue weighted by atomic mass is 10.0. The van der Waals surface area contributed by atoms with Gasteiger partial charge in [0.25, 0.3) is 0 Å². The van der Waals surface area contributed by atoms with Crippen LogP contribution in [0, 0.1) is 0 Å². The summed E-state index contributed by atoms with van der Waals surface area (Å²) < 4.78 is 11.3. The van der Waals surface area contributed by atoms with Gasteiger partial charge in [-0.25, -0.2) is 0 Å². The molecule has 1 unspecified atom stereocenters. The molecular formula is C25H27NO4. The first-order valence-electron chi connectivity index (χ1n) is 11.0. The molecule has 2 aliphatic heterocycles. The number of fused-ring (bicyclic) bond motifs is 2. The molecular weight excluding hydrogens is 378 g/mol. The Morgan fingerprint density at radius 3 is 2.63 bits per heavy atom. The summed E-state index contributed by atoms with van der Waals surface area (Å²) in [5, 5.41) is 0. The van der Waals surface area contributed by atoms with Crippen molar-refractivity contribution in [1.29, 1.82) is 0 Å². The molecule has 0 spiro atoms. The minimum atomic E-state index is 0.0448. The molecule has 1 fully saturated rings. The lowest BCUT2D eigenvalue weighted by molar-refractivity contribution is -0.132. The van der Waals surface area contributed by atoms with Gasteiger partial charge in [-0.3, -0.25) is 9.59 Å². The SMILES string of the molecule is O=C(CCC(=O)N1CCCC1c1ccc2c(c1)OCCO2)c1ccc2c(c1)CCC2. The summed E-state index contributed by atoms with van der Waals surface area (Å²) in [7, 11) is 0. The van der Waals surface area contributed by atoms with Crippen LogP contribution < -0.4 is 9.47 Å². The molecule has 3 aliphatic rings. The van der Waals surface area contributed by atoms with Crippen LogP contribution in [0.1, 0.15) is 65.2 Å². The first-order valence-corrected chi connectivity index (χ1v) is 11.0. The molecule has 0 bridgehead atoms.